The molecule has 0 aliphatic carbocycles. The highest BCUT2D eigenvalue weighted by atomic mass is 32.2. The molecule has 0 spiro atoms. The van der Waals surface area contributed by atoms with Crippen LogP contribution in [0.25, 0.3) is 0 Å². The molecule has 1 aromatic rings. The van der Waals surface area contributed by atoms with Gasteiger partial charge in [0.05, 0.1) is 10.8 Å². The van der Waals surface area contributed by atoms with Crippen molar-refractivity contribution in [2.45, 2.75) is 32.1 Å². The van der Waals surface area contributed by atoms with Crippen LogP contribution >= 0.6 is 0 Å². The molecule has 1 aromatic carbocycles. The first-order valence-corrected chi connectivity index (χ1v) is 9.04. The van der Waals surface area contributed by atoms with Gasteiger partial charge in [-0.25, -0.2) is 8.42 Å². The van der Waals surface area contributed by atoms with E-state index in [2.05, 4.69) is 13.8 Å². The van der Waals surface area contributed by atoms with Gasteiger partial charge in [-0.15, -0.1) is 0 Å². The number of rotatable bonds is 5. The zero-order valence-corrected chi connectivity index (χ0v) is 14.1. The molecule has 1 amide bonds. The largest absolute Gasteiger partial charge is 0.369 e. The summed E-state index contributed by atoms with van der Waals surface area (Å²) in [5, 5.41) is 0. The van der Waals surface area contributed by atoms with Crippen molar-refractivity contribution in [1.29, 1.82) is 0 Å². The van der Waals surface area contributed by atoms with Gasteiger partial charge in [-0.1, -0.05) is 32.9 Å². The number of hydrogen-bond acceptors (Lipinski definition) is 3. The second-order valence-electron chi connectivity index (χ2n) is 6.55. The van der Waals surface area contributed by atoms with E-state index in [1.165, 1.54) is 4.31 Å². The van der Waals surface area contributed by atoms with Gasteiger partial charge in [0.25, 0.3) is 0 Å². The van der Waals surface area contributed by atoms with Crippen molar-refractivity contribution >= 4 is 15.9 Å². The van der Waals surface area contributed by atoms with Crippen molar-refractivity contribution in [2.75, 3.05) is 13.1 Å². The van der Waals surface area contributed by atoms with Crippen molar-refractivity contribution < 1.29 is 13.2 Å². The molecule has 22 heavy (non-hydrogen) atoms. The monoisotopic (exact) mass is 324 g/mol. The molecule has 2 atom stereocenters. The average molecular weight is 324 g/mol. The van der Waals surface area contributed by atoms with E-state index in [4.69, 9.17) is 5.73 Å². The van der Waals surface area contributed by atoms with Crippen LogP contribution in [0.5, 0.6) is 0 Å². The van der Waals surface area contributed by atoms with Crippen molar-refractivity contribution in [3.63, 3.8) is 0 Å². The molecular formula is C16H24N2O3S. The van der Waals surface area contributed by atoms with E-state index in [0.29, 0.717) is 12.5 Å². The lowest BCUT2D eigenvalue weighted by Crippen LogP contribution is -2.32. The highest BCUT2D eigenvalue weighted by molar-refractivity contribution is 7.89. The van der Waals surface area contributed by atoms with Crippen LogP contribution in [-0.4, -0.2) is 31.7 Å². The number of carbonyl (C=O) groups excluding carboxylic acids is 1. The molecule has 1 heterocycles. The normalized spacial score (nSPS) is 23.1. The van der Waals surface area contributed by atoms with Gasteiger partial charge in [-0.05, 0) is 36.0 Å². The first-order chi connectivity index (χ1) is 10.2. The summed E-state index contributed by atoms with van der Waals surface area (Å²) >= 11 is 0. The molecule has 1 aliphatic heterocycles. The van der Waals surface area contributed by atoms with Crippen LogP contribution in [0.1, 0.15) is 26.3 Å². The molecule has 1 saturated heterocycles. The molecule has 0 saturated carbocycles. The van der Waals surface area contributed by atoms with Gasteiger partial charge in [0.1, 0.15) is 0 Å². The Bertz CT molecular complexity index is 638. The first-order valence-electron chi connectivity index (χ1n) is 7.60. The predicted molar refractivity (Wildman–Crippen MR) is 85.6 cm³/mol. The van der Waals surface area contributed by atoms with Gasteiger partial charge in [-0.2, -0.15) is 4.31 Å². The van der Waals surface area contributed by atoms with Gasteiger partial charge < -0.3 is 5.73 Å². The summed E-state index contributed by atoms with van der Waals surface area (Å²) in [5.74, 6) is -0.363. The molecule has 6 heteroatoms. The fourth-order valence-electron chi connectivity index (χ4n) is 2.91. The fraction of sp³-hybridized carbons (Fsp3) is 0.562. The van der Waals surface area contributed by atoms with Crippen LogP contribution in [0.3, 0.4) is 0 Å². The Morgan fingerprint density at radius 1 is 1.27 bits per heavy atom. The summed E-state index contributed by atoms with van der Waals surface area (Å²) in [5.41, 5.74) is 6.46. The Morgan fingerprint density at radius 3 is 2.32 bits per heavy atom. The molecule has 1 aliphatic rings. The molecule has 0 unspecified atom stereocenters. The summed E-state index contributed by atoms with van der Waals surface area (Å²) in [4.78, 5) is 11.6. The molecule has 0 bridgehead atoms. The minimum absolute atomic E-state index is 0.0486. The van der Waals surface area contributed by atoms with E-state index >= 15 is 0 Å². The van der Waals surface area contributed by atoms with Crippen LogP contribution in [0.4, 0.5) is 0 Å². The van der Waals surface area contributed by atoms with E-state index < -0.39 is 21.8 Å². The molecule has 2 N–H and O–H groups in total. The van der Waals surface area contributed by atoms with Crippen LogP contribution in [0, 0.1) is 17.8 Å². The quantitative estimate of drug-likeness (QED) is 0.894. The van der Waals surface area contributed by atoms with Gasteiger partial charge in [0.2, 0.25) is 15.9 Å². The van der Waals surface area contributed by atoms with Crippen LogP contribution in [0.15, 0.2) is 29.2 Å². The zero-order valence-electron chi connectivity index (χ0n) is 13.3. The summed E-state index contributed by atoms with van der Waals surface area (Å²) < 4.78 is 26.7. The SMILES string of the molecule is CC(C)Cc1ccc(S(=O)(=O)N2C[C@@H](C)[C@H](C(N)=O)C2)cc1. The number of amides is 1. The summed E-state index contributed by atoms with van der Waals surface area (Å²) in [6.45, 7) is 6.62. The maximum absolute atomic E-state index is 12.7. The molecular weight excluding hydrogens is 300 g/mol. The average Bonchev–Trinajstić information content (AvgIpc) is 2.81. The minimum Gasteiger partial charge on any atom is -0.369 e. The Labute approximate surface area is 132 Å². The van der Waals surface area contributed by atoms with Crippen molar-refractivity contribution in [3.8, 4) is 0 Å². The van der Waals surface area contributed by atoms with E-state index in [-0.39, 0.29) is 17.4 Å². The van der Waals surface area contributed by atoms with Crippen molar-refractivity contribution in [1.82, 2.24) is 4.31 Å². The third-order valence-corrected chi connectivity index (χ3v) is 6.00. The van der Waals surface area contributed by atoms with Crippen molar-refractivity contribution in [2.24, 2.45) is 23.5 Å². The molecule has 2 rings (SSSR count). The number of carbonyl (C=O) groups is 1. The third-order valence-electron chi connectivity index (χ3n) is 4.15. The Kier molecular flexibility index (Phi) is 4.92. The smallest absolute Gasteiger partial charge is 0.243 e. The van der Waals surface area contributed by atoms with E-state index in [0.717, 1.165) is 12.0 Å². The maximum atomic E-state index is 12.7. The number of nitrogens with two attached hydrogens (primary N) is 1. The fourth-order valence-corrected chi connectivity index (χ4v) is 4.47. The number of primary amides is 1. The molecule has 5 nitrogen and oxygen atoms in total. The summed E-state index contributed by atoms with van der Waals surface area (Å²) in [7, 11) is -3.56. The zero-order chi connectivity index (χ0) is 16.5. The number of sulfonamides is 1. The Balaban J connectivity index is 2.19. The molecule has 0 aromatic heterocycles. The Hall–Kier alpha value is -1.40. The molecule has 1 fully saturated rings. The van der Waals surface area contributed by atoms with E-state index in [1.807, 2.05) is 19.1 Å². The van der Waals surface area contributed by atoms with Gasteiger partial charge in [0.15, 0.2) is 0 Å². The number of nitrogens with zero attached hydrogens (tertiary/aromatic N) is 1. The molecule has 122 valence electrons. The Morgan fingerprint density at radius 2 is 1.86 bits per heavy atom. The second-order valence-corrected chi connectivity index (χ2v) is 8.49. The van der Waals surface area contributed by atoms with Crippen LogP contribution in [-0.2, 0) is 21.2 Å². The molecule has 0 radical (unpaired) electrons. The second kappa shape index (κ2) is 6.38. The van der Waals surface area contributed by atoms with Gasteiger partial charge in [-0.3, -0.25) is 4.79 Å². The lowest BCUT2D eigenvalue weighted by Gasteiger charge is -2.16. The van der Waals surface area contributed by atoms with E-state index in [1.54, 1.807) is 12.1 Å². The first kappa shape index (κ1) is 17.0. The summed E-state index contributed by atoms with van der Waals surface area (Å²) in [6, 6.07) is 7.01. The lowest BCUT2D eigenvalue weighted by atomic mass is 9.98. The standard InChI is InChI=1S/C16H24N2O3S/c1-11(2)8-13-4-6-14(7-5-13)22(20,21)18-9-12(3)15(10-18)16(17)19/h4-7,11-12,15H,8-10H2,1-3H3,(H2,17,19)/t12-,15-/m1/s1. The highest BCUT2D eigenvalue weighted by Gasteiger charge is 2.39. The van der Waals surface area contributed by atoms with E-state index in [9.17, 15) is 13.2 Å². The highest BCUT2D eigenvalue weighted by Crippen LogP contribution is 2.28. The van der Waals surface area contributed by atoms with Gasteiger partial charge >= 0.3 is 0 Å². The predicted octanol–water partition coefficient (Wildman–Crippen LogP) is 1.63. The topological polar surface area (TPSA) is 80.5 Å². The van der Waals surface area contributed by atoms with Gasteiger partial charge in [0, 0.05) is 13.1 Å². The maximum Gasteiger partial charge on any atom is 0.243 e. The van der Waals surface area contributed by atoms with Crippen LogP contribution < -0.4 is 5.73 Å². The summed E-state index contributed by atoms with van der Waals surface area (Å²) in [6.07, 6.45) is 0.921. The number of hydrogen-bond donors (Lipinski definition) is 1. The number of benzene rings is 1. The lowest BCUT2D eigenvalue weighted by molar-refractivity contribution is -0.122. The third kappa shape index (κ3) is 3.50. The van der Waals surface area contributed by atoms with Crippen molar-refractivity contribution in [3.05, 3.63) is 29.8 Å². The minimum atomic E-state index is -3.56. The van der Waals surface area contributed by atoms with Crippen LogP contribution in [0.2, 0.25) is 0 Å².